The highest BCUT2D eigenvalue weighted by molar-refractivity contribution is 7.19. The Morgan fingerprint density at radius 3 is 2.93 bits per heavy atom. The molecule has 74 valence electrons. The van der Waals surface area contributed by atoms with Crippen LogP contribution in [0.25, 0.3) is 15.5 Å². The number of hydrogen-bond donors (Lipinski definition) is 0. The molecule has 1 aromatic carbocycles. The van der Waals surface area contributed by atoms with Crippen molar-refractivity contribution in [3.63, 3.8) is 0 Å². The van der Waals surface area contributed by atoms with Crippen LogP contribution in [0.5, 0.6) is 0 Å². The Bertz CT molecular complexity index is 587. The van der Waals surface area contributed by atoms with Gasteiger partial charge in [-0.05, 0) is 12.1 Å². The van der Waals surface area contributed by atoms with Crippen LogP contribution in [0.15, 0.2) is 30.6 Å². The number of benzene rings is 1. The highest BCUT2D eigenvalue weighted by Gasteiger charge is 2.10. The molecule has 0 fully saturated rings. The first kappa shape index (κ1) is 8.49. The van der Waals surface area contributed by atoms with Crippen molar-refractivity contribution in [3.8, 4) is 10.6 Å². The molecule has 2 aromatic heterocycles. The molecule has 3 rings (SSSR count). The van der Waals surface area contributed by atoms with E-state index in [0.29, 0.717) is 15.5 Å². The van der Waals surface area contributed by atoms with E-state index in [-0.39, 0.29) is 5.82 Å². The monoisotopic (exact) mass is 220 g/mol. The van der Waals surface area contributed by atoms with Crippen LogP contribution in [0.3, 0.4) is 0 Å². The number of hydrogen-bond acceptors (Lipinski definition) is 4. The van der Waals surface area contributed by atoms with Crippen LogP contribution in [0.2, 0.25) is 0 Å². The normalized spacial score (nSPS) is 11.0. The fourth-order valence-corrected chi connectivity index (χ4v) is 2.15. The summed E-state index contributed by atoms with van der Waals surface area (Å²) < 4.78 is 15.0. The van der Waals surface area contributed by atoms with Gasteiger partial charge in [-0.15, -0.1) is 10.2 Å². The van der Waals surface area contributed by atoms with Crippen molar-refractivity contribution in [2.45, 2.75) is 0 Å². The predicted molar refractivity (Wildman–Crippen MR) is 54.1 cm³/mol. The van der Waals surface area contributed by atoms with E-state index in [2.05, 4.69) is 15.3 Å². The van der Waals surface area contributed by atoms with E-state index in [1.807, 2.05) is 0 Å². The Labute approximate surface area is 88.0 Å². The van der Waals surface area contributed by atoms with Gasteiger partial charge in [-0.3, -0.25) is 0 Å². The molecule has 0 aliphatic heterocycles. The number of rotatable bonds is 1. The van der Waals surface area contributed by atoms with Crippen LogP contribution < -0.4 is 0 Å². The molecule has 4 nitrogen and oxygen atoms in total. The zero-order valence-corrected chi connectivity index (χ0v) is 8.28. The summed E-state index contributed by atoms with van der Waals surface area (Å²) in [6.45, 7) is 0. The fourth-order valence-electron chi connectivity index (χ4n) is 1.30. The zero-order chi connectivity index (χ0) is 10.3. The third-order valence-corrected chi connectivity index (χ3v) is 2.94. The lowest BCUT2D eigenvalue weighted by Gasteiger charge is -1.95. The van der Waals surface area contributed by atoms with Gasteiger partial charge in [0.05, 0.1) is 0 Å². The van der Waals surface area contributed by atoms with E-state index in [0.717, 1.165) is 0 Å². The molecule has 0 amide bonds. The minimum Gasteiger partial charge on any atom is -0.206 e. The molecule has 3 aromatic rings. The molecule has 0 aliphatic rings. The third-order valence-electron chi connectivity index (χ3n) is 1.99. The first-order valence-electron chi connectivity index (χ1n) is 4.26. The van der Waals surface area contributed by atoms with Crippen molar-refractivity contribution in [2.24, 2.45) is 0 Å². The molecular formula is C9H5FN4S. The van der Waals surface area contributed by atoms with Gasteiger partial charge in [0.25, 0.3) is 0 Å². The number of nitrogens with zero attached hydrogens (tertiary/aromatic N) is 4. The first-order valence-corrected chi connectivity index (χ1v) is 5.08. The van der Waals surface area contributed by atoms with Gasteiger partial charge in [0.15, 0.2) is 5.01 Å². The average molecular weight is 220 g/mol. The highest BCUT2D eigenvalue weighted by atomic mass is 32.1. The summed E-state index contributed by atoms with van der Waals surface area (Å²) in [5, 5.41) is 12.3. The number of halogens is 1. The summed E-state index contributed by atoms with van der Waals surface area (Å²) in [5.41, 5.74) is 0.494. The van der Waals surface area contributed by atoms with E-state index < -0.39 is 0 Å². The Hall–Kier alpha value is -1.82. The van der Waals surface area contributed by atoms with Gasteiger partial charge in [-0.1, -0.05) is 23.5 Å². The second kappa shape index (κ2) is 3.09. The summed E-state index contributed by atoms with van der Waals surface area (Å²) in [4.78, 5) is 0.660. The second-order valence-electron chi connectivity index (χ2n) is 2.95. The highest BCUT2D eigenvalue weighted by Crippen LogP contribution is 2.26. The molecule has 15 heavy (non-hydrogen) atoms. The SMILES string of the molecule is Fc1ccccc1-c1nn2cnnc2s1. The molecule has 6 heteroatoms. The van der Waals surface area contributed by atoms with E-state index in [4.69, 9.17) is 0 Å². The predicted octanol–water partition coefficient (Wildman–Crippen LogP) is 1.99. The first-order chi connectivity index (χ1) is 7.34. The van der Waals surface area contributed by atoms with E-state index in [1.54, 1.807) is 18.2 Å². The Kier molecular flexibility index (Phi) is 1.75. The van der Waals surface area contributed by atoms with E-state index in [9.17, 15) is 4.39 Å². The molecule has 2 heterocycles. The summed E-state index contributed by atoms with van der Waals surface area (Å²) in [7, 11) is 0. The minimum atomic E-state index is -0.275. The minimum absolute atomic E-state index is 0.275. The summed E-state index contributed by atoms with van der Waals surface area (Å²) >= 11 is 1.31. The third kappa shape index (κ3) is 1.30. The van der Waals surface area contributed by atoms with Gasteiger partial charge in [0, 0.05) is 5.56 Å². The van der Waals surface area contributed by atoms with E-state index >= 15 is 0 Å². The maximum atomic E-state index is 13.4. The topological polar surface area (TPSA) is 43.1 Å². The Morgan fingerprint density at radius 2 is 2.13 bits per heavy atom. The van der Waals surface area contributed by atoms with Crippen LogP contribution in [-0.4, -0.2) is 19.8 Å². The summed E-state index contributed by atoms with van der Waals surface area (Å²) in [6.07, 6.45) is 1.50. The average Bonchev–Trinajstić information content (AvgIpc) is 2.77. The van der Waals surface area contributed by atoms with Crippen LogP contribution in [0.1, 0.15) is 0 Å². The zero-order valence-electron chi connectivity index (χ0n) is 7.46. The van der Waals surface area contributed by atoms with Crippen molar-refractivity contribution in [1.82, 2.24) is 19.8 Å². The lowest BCUT2D eigenvalue weighted by Crippen LogP contribution is -1.85. The molecule has 0 saturated heterocycles. The molecule has 0 aliphatic carbocycles. The lowest BCUT2D eigenvalue weighted by atomic mass is 10.2. The largest absolute Gasteiger partial charge is 0.234 e. The Balaban J connectivity index is 2.22. The molecule has 0 atom stereocenters. The van der Waals surface area contributed by atoms with E-state index in [1.165, 1.54) is 28.2 Å². The van der Waals surface area contributed by atoms with Crippen molar-refractivity contribution in [3.05, 3.63) is 36.4 Å². The van der Waals surface area contributed by atoms with Crippen LogP contribution in [-0.2, 0) is 0 Å². The quantitative estimate of drug-likeness (QED) is 0.630. The molecule has 0 unspecified atom stereocenters. The van der Waals surface area contributed by atoms with Gasteiger partial charge < -0.3 is 0 Å². The number of aromatic nitrogens is 4. The Morgan fingerprint density at radius 1 is 1.27 bits per heavy atom. The van der Waals surface area contributed by atoms with Crippen LogP contribution >= 0.6 is 11.3 Å². The van der Waals surface area contributed by atoms with Gasteiger partial charge in [0.1, 0.15) is 12.1 Å². The lowest BCUT2D eigenvalue weighted by molar-refractivity contribution is 0.631. The standard InChI is InChI=1S/C9H5FN4S/c10-7-4-2-1-3-6(7)8-13-14-5-11-12-9(14)15-8/h1-5H. The van der Waals surface area contributed by atoms with Crippen molar-refractivity contribution in [2.75, 3.05) is 0 Å². The van der Waals surface area contributed by atoms with Gasteiger partial charge >= 0.3 is 0 Å². The fraction of sp³-hybridized carbons (Fsp3) is 0. The summed E-state index contributed by atoms with van der Waals surface area (Å²) in [5.74, 6) is -0.275. The second-order valence-corrected chi connectivity index (χ2v) is 3.90. The van der Waals surface area contributed by atoms with Gasteiger partial charge in [-0.2, -0.15) is 9.61 Å². The van der Waals surface area contributed by atoms with Crippen molar-refractivity contribution >= 4 is 16.3 Å². The van der Waals surface area contributed by atoms with Crippen molar-refractivity contribution in [1.29, 1.82) is 0 Å². The molecule has 0 bridgehead atoms. The number of fused-ring (bicyclic) bond motifs is 1. The molecule has 0 N–H and O–H groups in total. The maximum absolute atomic E-state index is 13.4. The molecule has 0 spiro atoms. The molecule has 0 radical (unpaired) electrons. The van der Waals surface area contributed by atoms with Crippen LogP contribution in [0, 0.1) is 5.82 Å². The smallest absolute Gasteiger partial charge is 0.206 e. The molecule has 0 saturated carbocycles. The van der Waals surface area contributed by atoms with Gasteiger partial charge in [0.2, 0.25) is 4.96 Å². The molecular weight excluding hydrogens is 215 g/mol. The van der Waals surface area contributed by atoms with Crippen LogP contribution in [0.4, 0.5) is 4.39 Å². The van der Waals surface area contributed by atoms with Gasteiger partial charge in [-0.25, -0.2) is 4.39 Å². The summed E-state index contributed by atoms with van der Waals surface area (Å²) in [6, 6.07) is 6.54. The van der Waals surface area contributed by atoms with Crippen molar-refractivity contribution < 1.29 is 4.39 Å². The maximum Gasteiger partial charge on any atom is 0.234 e.